The third-order valence-corrected chi connectivity index (χ3v) is 5.83. The lowest BCUT2D eigenvalue weighted by atomic mass is 9.51. The van der Waals surface area contributed by atoms with Crippen LogP contribution in [0.3, 0.4) is 0 Å². The molecule has 0 bridgehead atoms. The predicted octanol–water partition coefficient (Wildman–Crippen LogP) is 1.94. The molecule has 2 unspecified atom stereocenters. The van der Waals surface area contributed by atoms with Gasteiger partial charge in [0.1, 0.15) is 6.54 Å². The van der Waals surface area contributed by atoms with Gasteiger partial charge in [-0.2, -0.15) is 11.8 Å². The van der Waals surface area contributed by atoms with Crippen LogP contribution in [0.25, 0.3) is 0 Å². The number of nitrogens with one attached hydrogen (secondary N) is 2. The smallest absolute Gasteiger partial charge is 0.243 e. The number of amides is 1. The quantitative estimate of drug-likeness (QED) is 0.239. The number of thioether (sulfide) groups is 1. The van der Waals surface area contributed by atoms with Crippen molar-refractivity contribution in [2.75, 3.05) is 45.8 Å². The van der Waals surface area contributed by atoms with E-state index in [0.29, 0.717) is 12.1 Å². The fraction of sp³-hybridized carbons (Fsp3) is 0.882. The van der Waals surface area contributed by atoms with Crippen molar-refractivity contribution in [1.29, 1.82) is 0 Å². The fourth-order valence-electron chi connectivity index (χ4n) is 3.52. The summed E-state index contributed by atoms with van der Waals surface area (Å²) in [5.74, 6) is 1.78. The minimum Gasteiger partial charge on any atom is -0.378 e. The molecular formula is C17H33IN4O2S. The summed E-state index contributed by atoms with van der Waals surface area (Å²) in [5, 5.41) is 6.92. The maximum atomic E-state index is 11.8. The Morgan fingerprint density at radius 1 is 1.40 bits per heavy atom. The summed E-state index contributed by atoms with van der Waals surface area (Å²) in [6.07, 6.45) is 7.23. The number of likely N-dealkylation sites (N-methyl/N-ethyl adjacent to an activating group) is 1. The van der Waals surface area contributed by atoms with Crippen LogP contribution in [-0.2, 0) is 9.53 Å². The zero-order chi connectivity index (χ0) is 17.6. The number of carbonyl (C=O) groups excluding carboxylic acids is 1. The van der Waals surface area contributed by atoms with Gasteiger partial charge in [-0.1, -0.05) is 6.42 Å². The zero-order valence-electron chi connectivity index (χ0n) is 15.8. The molecule has 8 heteroatoms. The summed E-state index contributed by atoms with van der Waals surface area (Å²) in [4.78, 5) is 17.9. The molecule has 0 saturated heterocycles. The van der Waals surface area contributed by atoms with Gasteiger partial charge in [-0.15, -0.1) is 24.0 Å². The van der Waals surface area contributed by atoms with Crippen LogP contribution in [0.4, 0.5) is 0 Å². The number of hydrogen-bond acceptors (Lipinski definition) is 4. The van der Waals surface area contributed by atoms with E-state index in [1.807, 2.05) is 0 Å². The highest BCUT2D eigenvalue weighted by atomic mass is 127. The summed E-state index contributed by atoms with van der Waals surface area (Å²) >= 11 is 1.79. The van der Waals surface area contributed by atoms with E-state index in [2.05, 4.69) is 28.8 Å². The van der Waals surface area contributed by atoms with Gasteiger partial charge in [0.25, 0.3) is 0 Å². The maximum Gasteiger partial charge on any atom is 0.243 e. The monoisotopic (exact) mass is 484 g/mol. The normalized spacial score (nSPS) is 23.9. The molecule has 0 aromatic heterocycles. The highest BCUT2D eigenvalue weighted by Gasteiger charge is 2.59. The summed E-state index contributed by atoms with van der Waals surface area (Å²) in [7, 11) is 3.52. The van der Waals surface area contributed by atoms with Crippen molar-refractivity contribution in [3.8, 4) is 0 Å². The van der Waals surface area contributed by atoms with Gasteiger partial charge in [0.15, 0.2) is 5.96 Å². The molecule has 2 N–H and O–H groups in total. The van der Waals surface area contributed by atoms with Crippen molar-refractivity contribution < 1.29 is 9.53 Å². The van der Waals surface area contributed by atoms with E-state index >= 15 is 0 Å². The molecule has 1 spiro atoms. The van der Waals surface area contributed by atoms with Crippen molar-refractivity contribution in [3.63, 3.8) is 0 Å². The van der Waals surface area contributed by atoms with Crippen LogP contribution in [0.5, 0.6) is 0 Å². The molecule has 0 aliphatic heterocycles. The molecule has 146 valence electrons. The molecule has 0 radical (unpaired) electrons. The predicted molar refractivity (Wildman–Crippen MR) is 116 cm³/mol. The molecule has 2 aliphatic carbocycles. The van der Waals surface area contributed by atoms with Crippen molar-refractivity contribution in [3.05, 3.63) is 0 Å². The van der Waals surface area contributed by atoms with Gasteiger partial charge in [0.05, 0.1) is 6.10 Å². The number of rotatable bonds is 8. The molecule has 2 rings (SSSR count). The average molecular weight is 484 g/mol. The Kier molecular flexibility index (Phi) is 9.87. The number of guanidine groups is 1. The number of halogens is 1. The van der Waals surface area contributed by atoms with Gasteiger partial charge < -0.3 is 20.3 Å². The Hall–Kier alpha value is -0.220. The van der Waals surface area contributed by atoms with Gasteiger partial charge in [0, 0.05) is 44.5 Å². The van der Waals surface area contributed by atoms with Gasteiger partial charge in [-0.05, 0) is 32.4 Å². The number of carbonyl (C=O) groups is 1. The first-order valence-corrected chi connectivity index (χ1v) is 10.3. The molecule has 0 heterocycles. The van der Waals surface area contributed by atoms with E-state index in [1.165, 1.54) is 19.3 Å². The first-order chi connectivity index (χ1) is 11.5. The lowest BCUT2D eigenvalue weighted by Crippen LogP contribution is -2.68. The molecule has 1 amide bonds. The van der Waals surface area contributed by atoms with Crippen LogP contribution in [-0.4, -0.2) is 74.7 Å². The standard InChI is InChI=1S/C17H32N4O2S.HI/c1-5-23-14-11-13(17(14)7-6-8-17)20-16(18-9-10-24-4)19-12-15(22)21(2)3;/h13-14H,5-12H2,1-4H3,(H2,18,19,20);1H. The number of aliphatic imine (C=N–C) groups is 1. The van der Waals surface area contributed by atoms with Gasteiger partial charge >= 0.3 is 0 Å². The molecule has 0 aromatic carbocycles. The van der Waals surface area contributed by atoms with Crippen LogP contribution >= 0.6 is 35.7 Å². The molecule has 2 fully saturated rings. The van der Waals surface area contributed by atoms with E-state index in [4.69, 9.17) is 4.74 Å². The summed E-state index contributed by atoms with van der Waals surface area (Å²) in [6.45, 7) is 3.87. The second-order valence-corrected chi connectivity index (χ2v) is 7.82. The Balaban J connectivity index is 0.00000312. The van der Waals surface area contributed by atoms with E-state index in [9.17, 15) is 4.79 Å². The number of nitrogens with zero attached hydrogens (tertiary/aromatic N) is 2. The van der Waals surface area contributed by atoms with Gasteiger partial charge in [0.2, 0.25) is 5.91 Å². The number of ether oxygens (including phenoxy) is 1. The molecule has 2 saturated carbocycles. The second-order valence-electron chi connectivity index (χ2n) is 6.84. The first kappa shape index (κ1) is 22.8. The van der Waals surface area contributed by atoms with Gasteiger partial charge in [-0.3, -0.25) is 4.79 Å². The Morgan fingerprint density at radius 2 is 2.12 bits per heavy atom. The van der Waals surface area contributed by atoms with Gasteiger partial charge in [-0.25, -0.2) is 4.99 Å². The van der Waals surface area contributed by atoms with E-state index in [1.54, 1.807) is 30.8 Å². The topological polar surface area (TPSA) is 66.0 Å². The maximum absolute atomic E-state index is 11.8. The van der Waals surface area contributed by atoms with Crippen molar-refractivity contribution >= 4 is 47.6 Å². The van der Waals surface area contributed by atoms with Crippen molar-refractivity contribution in [1.82, 2.24) is 15.5 Å². The lowest BCUT2D eigenvalue weighted by Gasteiger charge is -2.61. The van der Waals surface area contributed by atoms with E-state index in [-0.39, 0.29) is 41.8 Å². The Labute approximate surface area is 173 Å². The van der Waals surface area contributed by atoms with Crippen LogP contribution in [0.15, 0.2) is 4.99 Å². The Bertz CT molecular complexity index is 458. The first-order valence-electron chi connectivity index (χ1n) is 8.89. The minimum absolute atomic E-state index is 0. The molecule has 6 nitrogen and oxygen atoms in total. The molecule has 0 aromatic rings. The zero-order valence-corrected chi connectivity index (χ0v) is 19.0. The van der Waals surface area contributed by atoms with Crippen LogP contribution in [0, 0.1) is 5.41 Å². The third kappa shape index (κ3) is 5.63. The van der Waals surface area contributed by atoms with Crippen LogP contribution in [0.1, 0.15) is 32.6 Å². The molecular weight excluding hydrogens is 451 g/mol. The number of hydrogen-bond donors (Lipinski definition) is 2. The second kappa shape index (κ2) is 10.8. The van der Waals surface area contributed by atoms with E-state index < -0.39 is 0 Å². The highest BCUT2D eigenvalue weighted by molar-refractivity contribution is 14.0. The molecule has 25 heavy (non-hydrogen) atoms. The van der Waals surface area contributed by atoms with Crippen molar-refractivity contribution in [2.45, 2.75) is 44.8 Å². The van der Waals surface area contributed by atoms with Crippen LogP contribution in [0.2, 0.25) is 0 Å². The van der Waals surface area contributed by atoms with E-state index in [0.717, 1.165) is 31.3 Å². The summed E-state index contributed by atoms with van der Waals surface area (Å²) in [5.41, 5.74) is 0.281. The largest absolute Gasteiger partial charge is 0.378 e. The Morgan fingerprint density at radius 3 is 2.64 bits per heavy atom. The van der Waals surface area contributed by atoms with Crippen LogP contribution < -0.4 is 10.6 Å². The summed E-state index contributed by atoms with van der Waals surface area (Å²) < 4.78 is 5.91. The van der Waals surface area contributed by atoms with Crippen molar-refractivity contribution in [2.24, 2.45) is 10.4 Å². The fourth-order valence-corrected chi connectivity index (χ4v) is 3.82. The lowest BCUT2D eigenvalue weighted by molar-refractivity contribution is -0.168. The minimum atomic E-state index is 0. The average Bonchev–Trinajstić information content (AvgIpc) is 2.48. The third-order valence-electron chi connectivity index (χ3n) is 5.22. The SMILES string of the molecule is CCOC1CC(NC(=NCC(=O)N(C)C)NCCSC)C12CCC2.I. The highest BCUT2D eigenvalue weighted by Crippen LogP contribution is 2.57. The molecule has 2 aliphatic rings. The summed E-state index contributed by atoms with van der Waals surface area (Å²) in [6, 6.07) is 0.401. The molecule has 2 atom stereocenters.